The molecule has 1 aromatic heterocycles. The second kappa shape index (κ2) is 7.27. The number of aromatic nitrogens is 1. The van der Waals surface area contributed by atoms with Gasteiger partial charge in [0.1, 0.15) is 0 Å². The van der Waals surface area contributed by atoms with Crippen LogP contribution in [0.25, 0.3) is 0 Å². The van der Waals surface area contributed by atoms with Gasteiger partial charge in [0.2, 0.25) is 5.91 Å². The molecule has 2 atom stereocenters. The summed E-state index contributed by atoms with van der Waals surface area (Å²) in [7, 11) is 0. The predicted molar refractivity (Wildman–Crippen MR) is 83.3 cm³/mol. The van der Waals surface area contributed by atoms with Crippen LogP contribution >= 0.6 is 11.8 Å². The Hall–Kier alpha value is -1.07. The van der Waals surface area contributed by atoms with Crippen molar-refractivity contribution in [1.82, 2.24) is 9.88 Å². The van der Waals surface area contributed by atoms with E-state index in [1.807, 2.05) is 18.2 Å². The fraction of sp³-hybridized carbons (Fsp3) is 0.625. The van der Waals surface area contributed by atoms with Crippen LogP contribution < -0.4 is 0 Å². The molecule has 21 heavy (non-hydrogen) atoms. The van der Waals surface area contributed by atoms with Crippen LogP contribution in [0.3, 0.4) is 0 Å². The maximum atomic E-state index is 12.5. The Morgan fingerprint density at radius 2 is 2.29 bits per heavy atom. The number of carbonyl (C=O) groups excluding carboxylic acids is 1. The normalized spacial score (nSPS) is 25.4. The van der Waals surface area contributed by atoms with Crippen molar-refractivity contribution in [2.24, 2.45) is 0 Å². The van der Waals surface area contributed by atoms with E-state index in [9.17, 15) is 4.79 Å². The number of rotatable bonds is 4. The lowest BCUT2D eigenvalue weighted by Crippen LogP contribution is -2.54. The topological polar surface area (TPSA) is 42.4 Å². The van der Waals surface area contributed by atoms with Gasteiger partial charge in [-0.05, 0) is 25.0 Å². The van der Waals surface area contributed by atoms with E-state index >= 15 is 0 Å². The van der Waals surface area contributed by atoms with Crippen molar-refractivity contribution in [1.29, 1.82) is 0 Å². The summed E-state index contributed by atoms with van der Waals surface area (Å²) in [5.74, 6) is 1.07. The second-order valence-corrected chi connectivity index (χ2v) is 6.73. The van der Waals surface area contributed by atoms with Gasteiger partial charge in [0.15, 0.2) is 0 Å². The Labute approximate surface area is 130 Å². The Balaban J connectivity index is 1.50. The number of fused-ring (bicyclic) bond motifs is 1. The van der Waals surface area contributed by atoms with E-state index in [0.29, 0.717) is 19.1 Å². The van der Waals surface area contributed by atoms with E-state index in [1.165, 1.54) is 12.8 Å². The quantitative estimate of drug-likeness (QED) is 0.802. The molecule has 2 fully saturated rings. The molecule has 3 rings (SSSR count). The van der Waals surface area contributed by atoms with Gasteiger partial charge in [0.05, 0.1) is 23.8 Å². The number of hydrogen-bond acceptors (Lipinski definition) is 4. The minimum absolute atomic E-state index is 0.277. The van der Waals surface area contributed by atoms with Crippen molar-refractivity contribution >= 4 is 17.7 Å². The Morgan fingerprint density at radius 3 is 3.14 bits per heavy atom. The second-order valence-electron chi connectivity index (χ2n) is 5.61. The number of thioether (sulfide) groups is 1. The molecule has 2 aliphatic rings. The first kappa shape index (κ1) is 14.9. The van der Waals surface area contributed by atoms with Gasteiger partial charge in [-0.3, -0.25) is 4.79 Å². The molecule has 1 aromatic rings. The van der Waals surface area contributed by atoms with Crippen molar-refractivity contribution in [2.75, 3.05) is 18.9 Å². The van der Waals surface area contributed by atoms with E-state index in [1.54, 1.807) is 18.0 Å². The number of nitrogens with zero attached hydrogens (tertiary/aromatic N) is 2. The first-order valence-corrected chi connectivity index (χ1v) is 8.78. The van der Waals surface area contributed by atoms with Gasteiger partial charge < -0.3 is 9.64 Å². The number of carbonyl (C=O) groups is 1. The summed E-state index contributed by atoms with van der Waals surface area (Å²) in [6.45, 7) is 1.45. The average molecular weight is 306 g/mol. The van der Waals surface area contributed by atoms with Crippen LogP contribution in [0.1, 0.15) is 32.1 Å². The zero-order valence-corrected chi connectivity index (χ0v) is 13.1. The van der Waals surface area contributed by atoms with Gasteiger partial charge in [-0.2, -0.15) is 0 Å². The Bertz CT molecular complexity index is 467. The van der Waals surface area contributed by atoms with Crippen molar-refractivity contribution in [3.8, 4) is 0 Å². The van der Waals surface area contributed by atoms with E-state index in [2.05, 4.69) is 9.88 Å². The molecule has 1 aliphatic carbocycles. The minimum Gasteiger partial charge on any atom is -0.374 e. The molecule has 5 heteroatoms. The van der Waals surface area contributed by atoms with Crippen molar-refractivity contribution in [3.05, 3.63) is 24.4 Å². The van der Waals surface area contributed by atoms with Crippen LogP contribution in [0.2, 0.25) is 0 Å². The molecular formula is C16H22N2O2S. The molecule has 0 aromatic carbocycles. The van der Waals surface area contributed by atoms with E-state index < -0.39 is 0 Å². The van der Waals surface area contributed by atoms with Crippen LogP contribution in [0, 0.1) is 0 Å². The van der Waals surface area contributed by atoms with Crippen molar-refractivity contribution in [3.63, 3.8) is 0 Å². The van der Waals surface area contributed by atoms with E-state index in [-0.39, 0.29) is 12.0 Å². The number of hydrogen-bond donors (Lipinski definition) is 0. The van der Waals surface area contributed by atoms with Gasteiger partial charge in [-0.15, -0.1) is 11.8 Å². The Kier molecular flexibility index (Phi) is 5.14. The highest BCUT2D eigenvalue weighted by molar-refractivity contribution is 7.99. The highest BCUT2D eigenvalue weighted by Crippen LogP contribution is 2.29. The third-order valence-electron chi connectivity index (χ3n) is 4.26. The summed E-state index contributed by atoms with van der Waals surface area (Å²) >= 11 is 1.65. The third kappa shape index (κ3) is 3.77. The van der Waals surface area contributed by atoms with Gasteiger partial charge in [0.25, 0.3) is 0 Å². The minimum atomic E-state index is 0.277. The molecule has 4 nitrogen and oxygen atoms in total. The maximum absolute atomic E-state index is 12.5. The third-order valence-corrected chi connectivity index (χ3v) is 5.20. The van der Waals surface area contributed by atoms with Gasteiger partial charge >= 0.3 is 0 Å². The first-order valence-electron chi connectivity index (χ1n) is 7.79. The van der Waals surface area contributed by atoms with Crippen molar-refractivity contribution in [2.45, 2.75) is 49.3 Å². The highest BCUT2D eigenvalue weighted by atomic mass is 32.2. The largest absolute Gasteiger partial charge is 0.374 e. The van der Waals surface area contributed by atoms with Crippen LogP contribution in [-0.2, 0) is 9.53 Å². The standard InChI is InChI=1S/C16H22N2O2S/c19-16(8-12-21-15-7-3-4-9-17-15)18-10-11-20-14-6-2-1-5-13(14)18/h3-4,7,9,13-14H,1-2,5-6,8,10-12H2/t13-,14-/m1/s1. The number of pyridine rings is 1. The SMILES string of the molecule is O=C(CCSc1ccccn1)N1CCO[C@@H]2CCCC[C@H]21. The number of amides is 1. The van der Waals surface area contributed by atoms with Crippen LogP contribution in [0.15, 0.2) is 29.4 Å². The fourth-order valence-electron chi connectivity index (χ4n) is 3.23. The summed E-state index contributed by atoms with van der Waals surface area (Å²) in [5, 5.41) is 0.989. The lowest BCUT2D eigenvalue weighted by molar-refractivity contribution is -0.149. The zero-order chi connectivity index (χ0) is 14.5. The molecule has 0 radical (unpaired) electrons. The molecule has 2 heterocycles. The zero-order valence-electron chi connectivity index (χ0n) is 12.2. The van der Waals surface area contributed by atoms with E-state index in [0.717, 1.165) is 30.2 Å². The molecule has 0 unspecified atom stereocenters. The molecule has 1 aliphatic heterocycles. The number of ether oxygens (including phenoxy) is 1. The Morgan fingerprint density at radius 1 is 1.38 bits per heavy atom. The summed E-state index contributed by atoms with van der Waals surface area (Å²) < 4.78 is 5.83. The van der Waals surface area contributed by atoms with Gasteiger partial charge in [-0.1, -0.05) is 18.9 Å². The molecular weight excluding hydrogens is 284 g/mol. The molecule has 1 amide bonds. The molecule has 1 saturated carbocycles. The van der Waals surface area contributed by atoms with Crippen LogP contribution in [0.4, 0.5) is 0 Å². The van der Waals surface area contributed by atoms with Gasteiger partial charge in [-0.25, -0.2) is 4.98 Å². The van der Waals surface area contributed by atoms with Crippen LogP contribution in [-0.4, -0.2) is 46.8 Å². The predicted octanol–water partition coefficient (Wildman–Crippen LogP) is 2.73. The number of morpholine rings is 1. The molecule has 0 N–H and O–H groups in total. The van der Waals surface area contributed by atoms with Crippen LogP contribution in [0.5, 0.6) is 0 Å². The smallest absolute Gasteiger partial charge is 0.223 e. The van der Waals surface area contributed by atoms with Crippen molar-refractivity contribution < 1.29 is 9.53 Å². The molecule has 0 bridgehead atoms. The summed E-state index contributed by atoms with van der Waals surface area (Å²) in [6, 6.07) is 6.19. The fourth-order valence-corrected chi connectivity index (χ4v) is 4.02. The highest BCUT2D eigenvalue weighted by Gasteiger charge is 2.36. The van der Waals surface area contributed by atoms with E-state index in [4.69, 9.17) is 4.74 Å². The maximum Gasteiger partial charge on any atom is 0.223 e. The lowest BCUT2D eigenvalue weighted by atomic mass is 9.90. The van der Waals surface area contributed by atoms with Gasteiger partial charge in [0, 0.05) is 24.9 Å². The summed E-state index contributed by atoms with van der Waals surface area (Å²) in [5.41, 5.74) is 0. The monoisotopic (exact) mass is 306 g/mol. The average Bonchev–Trinajstić information content (AvgIpc) is 2.55. The summed E-state index contributed by atoms with van der Waals surface area (Å²) in [6.07, 6.45) is 7.32. The lowest BCUT2D eigenvalue weighted by Gasteiger charge is -2.43. The molecule has 1 saturated heterocycles. The molecule has 114 valence electrons. The first-order chi connectivity index (χ1) is 10.3. The summed E-state index contributed by atoms with van der Waals surface area (Å²) in [4.78, 5) is 18.8. The molecule has 0 spiro atoms.